The third-order valence-electron chi connectivity index (χ3n) is 5.15. The van der Waals surface area contributed by atoms with Crippen molar-refractivity contribution in [2.24, 2.45) is 5.92 Å². The van der Waals surface area contributed by atoms with Crippen LogP contribution in [0.25, 0.3) is 0 Å². The Bertz CT molecular complexity index is 721. The second-order valence-corrected chi connectivity index (χ2v) is 8.64. The van der Waals surface area contributed by atoms with Crippen LogP contribution in [0.1, 0.15) is 33.1 Å². The van der Waals surface area contributed by atoms with E-state index in [1.54, 1.807) is 21.9 Å². The zero-order valence-electron chi connectivity index (χ0n) is 16.3. The maximum atomic E-state index is 12.8. The van der Waals surface area contributed by atoms with Crippen molar-refractivity contribution < 1.29 is 14.3 Å². The van der Waals surface area contributed by atoms with Crippen molar-refractivity contribution >= 4 is 40.9 Å². The van der Waals surface area contributed by atoms with Crippen LogP contribution in [0.15, 0.2) is 18.2 Å². The summed E-state index contributed by atoms with van der Waals surface area (Å²) in [5.41, 5.74) is 0.770. The van der Waals surface area contributed by atoms with E-state index in [1.807, 2.05) is 19.9 Å². The molecule has 2 aliphatic heterocycles. The largest absolute Gasteiger partial charge is 0.449 e. The van der Waals surface area contributed by atoms with Crippen LogP contribution in [0.3, 0.4) is 0 Å². The van der Waals surface area contributed by atoms with Gasteiger partial charge in [-0.2, -0.15) is 0 Å². The third kappa shape index (κ3) is 5.10. The van der Waals surface area contributed by atoms with Gasteiger partial charge in [-0.05, 0) is 43.4 Å². The Labute approximate surface area is 176 Å². The van der Waals surface area contributed by atoms with Crippen molar-refractivity contribution in [2.45, 2.75) is 45.2 Å². The van der Waals surface area contributed by atoms with Crippen LogP contribution in [-0.4, -0.2) is 55.2 Å². The summed E-state index contributed by atoms with van der Waals surface area (Å²) < 4.78 is 5.30. The fraction of sp³-hybridized carbons (Fsp3) is 0.600. The molecular weight excluding hydrogens is 401 g/mol. The molecular formula is C20H27Cl2N3O3. The van der Waals surface area contributed by atoms with Crippen molar-refractivity contribution in [2.75, 3.05) is 31.1 Å². The van der Waals surface area contributed by atoms with Crippen molar-refractivity contribution in [3.05, 3.63) is 28.2 Å². The van der Waals surface area contributed by atoms with E-state index in [4.69, 9.17) is 27.9 Å². The number of piperidine rings is 1. The van der Waals surface area contributed by atoms with Crippen molar-refractivity contribution in [3.63, 3.8) is 0 Å². The summed E-state index contributed by atoms with van der Waals surface area (Å²) >= 11 is 12.0. The van der Waals surface area contributed by atoms with Crippen molar-refractivity contribution in [1.82, 2.24) is 10.2 Å². The van der Waals surface area contributed by atoms with E-state index in [0.29, 0.717) is 42.2 Å². The van der Waals surface area contributed by atoms with E-state index in [2.05, 4.69) is 5.32 Å². The van der Waals surface area contributed by atoms with Crippen molar-refractivity contribution in [3.8, 4) is 0 Å². The van der Waals surface area contributed by atoms with Crippen LogP contribution in [-0.2, 0) is 9.53 Å². The molecule has 1 atom stereocenters. The highest BCUT2D eigenvalue weighted by Crippen LogP contribution is 2.30. The lowest BCUT2D eigenvalue weighted by Gasteiger charge is -2.33. The van der Waals surface area contributed by atoms with Gasteiger partial charge in [0.15, 0.2) is 0 Å². The summed E-state index contributed by atoms with van der Waals surface area (Å²) in [5.74, 6) is 0.382. The fourth-order valence-corrected chi connectivity index (χ4v) is 3.88. The normalized spacial score (nSPS) is 20.9. The minimum Gasteiger partial charge on any atom is -0.449 e. The number of rotatable bonds is 5. The average molecular weight is 428 g/mol. The van der Waals surface area contributed by atoms with Gasteiger partial charge < -0.3 is 19.9 Å². The number of nitrogens with zero attached hydrogens (tertiary/aromatic N) is 2. The number of carbonyl (C=O) groups excluding carboxylic acids is 2. The minimum atomic E-state index is -0.241. The van der Waals surface area contributed by atoms with Gasteiger partial charge in [0, 0.05) is 31.4 Å². The summed E-state index contributed by atoms with van der Waals surface area (Å²) in [5, 5.41) is 4.40. The molecule has 2 amide bonds. The molecule has 0 spiro atoms. The Kier molecular flexibility index (Phi) is 7.07. The van der Waals surface area contributed by atoms with E-state index in [-0.39, 0.29) is 24.1 Å². The topological polar surface area (TPSA) is 61.9 Å². The molecule has 1 aromatic rings. The number of hydrogen-bond donors (Lipinski definition) is 1. The average Bonchev–Trinajstić information content (AvgIpc) is 3.03. The summed E-state index contributed by atoms with van der Waals surface area (Å²) in [6.45, 7) is 6.41. The maximum Gasteiger partial charge on any atom is 0.409 e. The second-order valence-electron chi connectivity index (χ2n) is 7.83. The lowest BCUT2D eigenvalue weighted by atomic mass is 10.0. The SMILES string of the molecule is CC(C)COC(=O)N1CCC(N[C@H]2CCN(c3ccc(Cl)c(Cl)c3)C2=O)CC1. The van der Waals surface area contributed by atoms with Gasteiger partial charge in [-0.3, -0.25) is 4.79 Å². The highest BCUT2D eigenvalue weighted by Gasteiger charge is 2.35. The Hall–Kier alpha value is -1.50. The van der Waals surface area contributed by atoms with Gasteiger partial charge in [0.1, 0.15) is 0 Å². The number of ether oxygens (including phenoxy) is 1. The van der Waals surface area contributed by atoms with Crippen LogP contribution in [0.4, 0.5) is 10.5 Å². The fourth-order valence-electron chi connectivity index (χ4n) is 3.59. The second kappa shape index (κ2) is 9.33. The highest BCUT2D eigenvalue weighted by molar-refractivity contribution is 6.42. The Morgan fingerprint density at radius 1 is 1.18 bits per heavy atom. The van der Waals surface area contributed by atoms with Crippen LogP contribution in [0.2, 0.25) is 10.0 Å². The first-order chi connectivity index (χ1) is 13.3. The number of likely N-dealkylation sites (tertiary alicyclic amines) is 1. The molecule has 1 N–H and O–H groups in total. The zero-order chi connectivity index (χ0) is 20.3. The first kappa shape index (κ1) is 21.2. The summed E-state index contributed by atoms with van der Waals surface area (Å²) in [6.07, 6.45) is 2.13. The summed E-state index contributed by atoms with van der Waals surface area (Å²) in [7, 11) is 0. The van der Waals surface area contributed by atoms with Gasteiger partial charge in [-0.15, -0.1) is 0 Å². The number of benzene rings is 1. The predicted octanol–water partition coefficient (Wildman–Crippen LogP) is 3.95. The molecule has 2 saturated heterocycles. The predicted molar refractivity (Wildman–Crippen MR) is 111 cm³/mol. The number of nitrogens with one attached hydrogen (secondary N) is 1. The lowest BCUT2D eigenvalue weighted by Crippen LogP contribution is -2.50. The number of amides is 2. The number of carbonyl (C=O) groups is 2. The van der Waals surface area contributed by atoms with E-state index in [0.717, 1.165) is 24.9 Å². The van der Waals surface area contributed by atoms with Crippen LogP contribution in [0, 0.1) is 5.92 Å². The zero-order valence-corrected chi connectivity index (χ0v) is 17.8. The Morgan fingerprint density at radius 2 is 1.89 bits per heavy atom. The van der Waals surface area contributed by atoms with Crippen LogP contribution >= 0.6 is 23.2 Å². The van der Waals surface area contributed by atoms with E-state index in [1.165, 1.54) is 0 Å². The third-order valence-corrected chi connectivity index (χ3v) is 5.89. The van der Waals surface area contributed by atoms with Gasteiger partial charge in [0.2, 0.25) is 5.91 Å². The molecule has 6 nitrogen and oxygen atoms in total. The molecule has 1 aromatic carbocycles. The van der Waals surface area contributed by atoms with Crippen molar-refractivity contribution in [1.29, 1.82) is 0 Å². The molecule has 0 saturated carbocycles. The smallest absolute Gasteiger partial charge is 0.409 e. The quantitative estimate of drug-likeness (QED) is 0.772. The number of hydrogen-bond acceptors (Lipinski definition) is 4. The molecule has 28 heavy (non-hydrogen) atoms. The minimum absolute atomic E-state index is 0.0529. The lowest BCUT2D eigenvalue weighted by molar-refractivity contribution is -0.119. The first-order valence-electron chi connectivity index (χ1n) is 9.79. The van der Waals surface area contributed by atoms with E-state index < -0.39 is 0 Å². The monoisotopic (exact) mass is 427 g/mol. The molecule has 0 radical (unpaired) electrons. The van der Waals surface area contributed by atoms with Gasteiger partial charge in [0.25, 0.3) is 0 Å². The molecule has 2 heterocycles. The summed E-state index contributed by atoms with van der Waals surface area (Å²) in [6, 6.07) is 5.26. The highest BCUT2D eigenvalue weighted by atomic mass is 35.5. The Morgan fingerprint density at radius 3 is 2.54 bits per heavy atom. The molecule has 3 rings (SSSR count). The molecule has 8 heteroatoms. The molecule has 0 bridgehead atoms. The number of anilines is 1. The van der Waals surface area contributed by atoms with Crippen LogP contribution in [0.5, 0.6) is 0 Å². The maximum absolute atomic E-state index is 12.8. The summed E-state index contributed by atoms with van der Waals surface area (Å²) in [4.78, 5) is 28.4. The standard InChI is InChI=1S/C20H27Cl2N3O3/c1-13(2)12-28-20(27)24-8-5-14(6-9-24)23-18-7-10-25(19(18)26)15-3-4-16(21)17(22)11-15/h3-4,11,13-14,18,23H,5-10,12H2,1-2H3/t18-/m0/s1. The first-order valence-corrected chi connectivity index (χ1v) is 10.5. The van der Waals surface area contributed by atoms with E-state index >= 15 is 0 Å². The molecule has 0 aliphatic carbocycles. The molecule has 2 fully saturated rings. The molecule has 0 unspecified atom stereocenters. The molecule has 154 valence electrons. The van der Waals surface area contributed by atoms with Crippen LogP contribution < -0.4 is 10.2 Å². The van der Waals surface area contributed by atoms with Gasteiger partial charge >= 0.3 is 6.09 Å². The molecule has 2 aliphatic rings. The Balaban J connectivity index is 1.48. The van der Waals surface area contributed by atoms with Gasteiger partial charge in [-0.1, -0.05) is 37.0 Å². The number of halogens is 2. The van der Waals surface area contributed by atoms with Gasteiger partial charge in [0.05, 0.1) is 22.7 Å². The molecule has 0 aromatic heterocycles. The van der Waals surface area contributed by atoms with Gasteiger partial charge in [-0.25, -0.2) is 4.79 Å². The van der Waals surface area contributed by atoms with E-state index in [9.17, 15) is 9.59 Å².